The fourth-order valence-electron chi connectivity index (χ4n) is 5.19. The van der Waals surface area contributed by atoms with Gasteiger partial charge in [-0.3, -0.25) is 24.6 Å². The zero-order valence-corrected chi connectivity index (χ0v) is 20.7. The van der Waals surface area contributed by atoms with Gasteiger partial charge in [0, 0.05) is 11.6 Å². The van der Waals surface area contributed by atoms with Crippen molar-refractivity contribution in [2.75, 3.05) is 13.7 Å². The summed E-state index contributed by atoms with van der Waals surface area (Å²) in [6.45, 7) is 5.06. The number of imide groups is 1. The number of carboxylic acids is 1. The maximum atomic E-state index is 13.6. The van der Waals surface area contributed by atoms with Crippen molar-refractivity contribution >= 4 is 23.8 Å². The van der Waals surface area contributed by atoms with Crippen LogP contribution in [0.15, 0.2) is 54.6 Å². The highest BCUT2D eigenvalue weighted by atomic mass is 16.5. The molecule has 190 valence electrons. The molecule has 2 aliphatic rings. The molecule has 0 bridgehead atoms. The minimum absolute atomic E-state index is 0.151. The second-order valence-corrected chi connectivity index (χ2v) is 10.2. The van der Waals surface area contributed by atoms with E-state index in [1.165, 1.54) is 12.0 Å². The van der Waals surface area contributed by atoms with Gasteiger partial charge < -0.3 is 14.6 Å². The molecule has 2 N–H and O–H groups in total. The normalized spacial score (nSPS) is 25.7. The first-order valence-corrected chi connectivity index (χ1v) is 11.7. The number of esters is 1. The number of benzene rings is 2. The number of carbonyl (C=O) groups is 4. The number of likely N-dealkylation sites (tertiary alicyclic amines) is 1. The summed E-state index contributed by atoms with van der Waals surface area (Å²) in [7, 11) is 1.28. The molecule has 4 unspecified atom stereocenters. The van der Waals surface area contributed by atoms with Crippen molar-refractivity contribution in [1.29, 1.82) is 0 Å². The Labute approximate surface area is 209 Å². The van der Waals surface area contributed by atoms with Crippen LogP contribution in [0.3, 0.4) is 0 Å². The van der Waals surface area contributed by atoms with Crippen LogP contribution in [0.2, 0.25) is 0 Å². The molecule has 0 aromatic heterocycles. The molecule has 2 aromatic rings. The third-order valence-corrected chi connectivity index (χ3v) is 6.84. The molecular formula is C27H30N2O7. The van der Waals surface area contributed by atoms with Gasteiger partial charge in [-0.05, 0) is 44.0 Å². The fourth-order valence-corrected chi connectivity index (χ4v) is 5.19. The minimum atomic E-state index is -1.82. The Balaban J connectivity index is 1.73. The molecule has 36 heavy (non-hydrogen) atoms. The Bertz CT molecular complexity index is 1170. The van der Waals surface area contributed by atoms with Gasteiger partial charge in [-0.25, -0.2) is 4.79 Å². The summed E-state index contributed by atoms with van der Waals surface area (Å²) in [5, 5.41) is 13.5. The second-order valence-electron chi connectivity index (χ2n) is 10.2. The monoisotopic (exact) mass is 494 g/mol. The molecule has 2 saturated heterocycles. The van der Waals surface area contributed by atoms with E-state index in [9.17, 15) is 24.3 Å². The molecule has 4 rings (SSSR count). The Kier molecular flexibility index (Phi) is 6.72. The average molecular weight is 495 g/mol. The summed E-state index contributed by atoms with van der Waals surface area (Å²) in [5.41, 5.74) is -0.893. The van der Waals surface area contributed by atoms with E-state index in [0.717, 1.165) is 5.56 Å². The third-order valence-electron chi connectivity index (χ3n) is 6.84. The number of ether oxygens (including phenoxy) is 2. The Morgan fingerprint density at radius 3 is 2.22 bits per heavy atom. The number of hydrogen-bond donors (Lipinski definition) is 2. The average Bonchev–Trinajstić information content (AvgIpc) is 3.33. The maximum absolute atomic E-state index is 13.6. The van der Waals surface area contributed by atoms with Crippen LogP contribution in [0.4, 0.5) is 0 Å². The van der Waals surface area contributed by atoms with Gasteiger partial charge >= 0.3 is 11.9 Å². The number of rotatable bonds is 7. The van der Waals surface area contributed by atoms with Crippen LogP contribution in [0.5, 0.6) is 0 Å². The SMILES string of the molecule is COC(=O)c1ccc(C2NC(COCc3ccccc3)(C(=O)O)C3C(=O)N(C(C)(C)C)C(=O)C23)cc1. The van der Waals surface area contributed by atoms with Crippen LogP contribution >= 0.6 is 0 Å². The lowest BCUT2D eigenvalue weighted by Gasteiger charge is -2.35. The van der Waals surface area contributed by atoms with Crippen molar-refractivity contribution < 1.29 is 33.8 Å². The lowest BCUT2D eigenvalue weighted by atomic mass is 9.79. The molecule has 2 aliphatic heterocycles. The van der Waals surface area contributed by atoms with Gasteiger partial charge in [0.15, 0.2) is 5.54 Å². The van der Waals surface area contributed by atoms with E-state index < -0.39 is 52.7 Å². The third kappa shape index (κ3) is 4.29. The van der Waals surface area contributed by atoms with Crippen molar-refractivity contribution in [3.8, 4) is 0 Å². The van der Waals surface area contributed by atoms with Gasteiger partial charge in [-0.2, -0.15) is 0 Å². The predicted octanol–water partition coefficient (Wildman–Crippen LogP) is 2.56. The highest BCUT2D eigenvalue weighted by Gasteiger charge is 2.69. The number of carbonyl (C=O) groups excluding carboxylic acids is 3. The standard InChI is InChI=1S/C27H30N2O7/c1-26(2,3)29-22(30)19-20(23(29)31)27(25(33)34,15-36-14-16-8-6-5-7-9-16)28-21(19)17-10-12-18(13-11-17)24(32)35-4/h5-13,19-21,28H,14-15H2,1-4H3,(H,33,34). The first-order valence-electron chi connectivity index (χ1n) is 11.7. The largest absolute Gasteiger partial charge is 0.480 e. The Morgan fingerprint density at radius 2 is 1.67 bits per heavy atom. The number of nitrogens with zero attached hydrogens (tertiary/aromatic N) is 1. The van der Waals surface area contributed by atoms with Gasteiger partial charge in [0.2, 0.25) is 11.8 Å². The topological polar surface area (TPSA) is 122 Å². The van der Waals surface area contributed by atoms with Gasteiger partial charge in [-0.1, -0.05) is 42.5 Å². The number of amides is 2. The molecule has 4 atom stereocenters. The first-order chi connectivity index (χ1) is 17.0. The molecule has 2 fully saturated rings. The van der Waals surface area contributed by atoms with E-state index in [-0.39, 0.29) is 13.2 Å². The summed E-state index contributed by atoms with van der Waals surface area (Å²) in [6, 6.07) is 14.9. The zero-order valence-electron chi connectivity index (χ0n) is 20.7. The minimum Gasteiger partial charge on any atom is -0.480 e. The van der Waals surface area contributed by atoms with Crippen LogP contribution in [0, 0.1) is 11.8 Å². The van der Waals surface area contributed by atoms with Gasteiger partial charge in [0.25, 0.3) is 0 Å². The highest BCUT2D eigenvalue weighted by Crippen LogP contribution is 2.50. The van der Waals surface area contributed by atoms with Gasteiger partial charge in [-0.15, -0.1) is 0 Å². The molecule has 0 saturated carbocycles. The number of fused-ring (bicyclic) bond motifs is 1. The summed E-state index contributed by atoms with van der Waals surface area (Å²) >= 11 is 0. The number of methoxy groups -OCH3 is 1. The second kappa shape index (κ2) is 9.48. The van der Waals surface area contributed by atoms with Crippen LogP contribution in [-0.4, -0.2) is 58.6 Å². The number of hydrogen-bond acceptors (Lipinski definition) is 7. The van der Waals surface area contributed by atoms with Crippen molar-refractivity contribution in [3.05, 3.63) is 71.3 Å². The fraction of sp³-hybridized carbons (Fsp3) is 0.407. The van der Waals surface area contributed by atoms with Crippen molar-refractivity contribution in [2.45, 2.75) is 44.5 Å². The van der Waals surface area contributed by atoms with Crippen LogP contribution < -0.4 is 5.32 Å². The summed E-state index contributed by atoms with van der Waals surface area (Å²) in [5.74, 6) is -4.86. The smallest absolute Gasteiger partial charge is 0.337 e. The first kappa shape index (κ1) is 25.5. The quantitative estimate of drug-likeness (QED) is 0.445. The van der Waals surface area contributed by atoms with E-state index in [1.807, 2.05) is 30.3 Å². The lowest BCUT2D eigenvalue weighted by Crippen LogP contribution is -2.60. The van der Waals surface area contributed by atoms with Gasteiger partial charge in [0.05, 0.1) is 37.7 Å². The van der Waals surface area contributed by atoms with E-state index >= 15 is 0 Å². The number of aliphatic carboxylic acids is 1. The van der Waals surface area contributed by atoms with E-state index in [4.69, 9.17) is 9.47 Å². The summed E-state index contributed by atoms with van der Waals surface area (Å²) in [6.07, 6.45) is 0. The molecule has 2 heterocycles. The van der Waals surface area contributed by atoms with Crippen molar-refractivity contribution in [1.82, 2.24) is 10.2 Å². The Morgan fingerprint density at radius 1 is 1.03 bits per heavy atom. The van der Waals surface area contributed by atoms with Gasteiger partial charge in [0.1, 0.15) is 0 Å². The predicted molar refractivity (Wildman–Crippen MR) is 129 cm³/mol. The Hall–Kier alpha value is -3.56. The summed E-state index contributed by atoms with van der Waals surface area (Å²) < 4.78 is 10.6. The van der Waals surface area contributed by atoms with E-state index in [0.29, 0.717) is 11.1 Å². The number of nitrogens with one attached hydrogen (secondary N) is 1. The number of carboxylic acid groups (broad SMARTS) is 1. The van der Waals surface area contributed by atoms with Crippen LogP contribution in [0.1, 0.15) is 48.3 Å². The van der Waals surface area contributed by atoms with E-state index in [1.54, 1.807) is 45.0 Å². The lowest BCUT2D eigenvalue weighted by molar-refractivity contribution is -0.156. The zero-order chi connectivity index (χ0) is 26.3. The summed E-state index contributed by atoms with van der Waals surface area (Å²) in [4.78, 5) is 53.1. The van der Waals surface area contributed by atoms with Crippen molar-refractivity contribution in [3.63, 3.8) is 0 Å². The molecular weight excluding hydrogens is 464 g/mol. The van der Waals surface area contributed by atoms with Crippen LogP contribution in [0.25, 0.3) is 0 Å². The molecule has 9 heteroatoms. The maximum Gasteiger partial charge on any atom is 0.337 e. The molecule has 0 spiro atoms. The van der Waals surface area contributed by atoms with E-state index in [2.05, 4.69) is 5.32 Å². The molecule has 9 nitrogen and oxygen atoms in total. The molecule has 0 radical (unpaired) electrons. The molecule has 0 aliphatic carbocycles. The molecule has 2 amide bonds. The highest BCUT2D eigenvalue weighted by molar-refractivity contribution is 6.10. The van der Waals surface area contributed by atoms with Crippen LogP contribution in [-0.2, 0) is 30.5 Å². The van der Waals surface area contributed by atoms with Crippen molar-refractivity contribution in [2.24, 2.45) is 11.8 Å². The molecule has 2 aromatic carbocycles.